The molecule has 5 nitrogen and oxygen atoms in total. The van der Waals surface area contributed by atoms with Crippen molar-refractivity contribution in [3.8, 4) is 11.5 Å². The molecule has 0 N–H and O–H groups in total. The van der Waals surface area contributed by atoms with Crippen molar-refractivity contribution in [2.45, 2.75) is 0 Å². The molecule has 0 aliphatic carbocycles. The number of rotatable bonds is 3. The molecule has 0 atom stereocenters. The molecule has 0 aliphatic rings. The van der Waals surface area contributed by atoms with Gasteiger partial charge in [-0.3, -0.25) is 0 Å². The van der Waals surface area contributed by atoms with Crippen LogP contribution in [-0.4, -0.2) is 10.2 Å². The molecule has 92 valence electrons. The van der Waals surface area contributed by atoms with Gasteiger partial charge < -0.3 is 4.42 Å². The largest absolute Gasteiger partial charge is 0.423 e. The Hall–Kier alpha value is -2.82. The van der Waals surface area contributed by atoms with Crippen LogP contribution in [0.3, 0.4) is 0 Å². The van der Waals surface area contributed by atoms with Crippen molar-refractivity contribution in [3.05, 3.63) is 61.0 Å². The van der Waals surface area contributed by atoms with Gasteiger partial charge in [-0.25, -0.2) is 0 Å². The molecule has 1 heterocycles. The fourth-order valence-electron chi connectivity index (χ4n) is 1.58. The average Bonchev–Trinajstić information content (AvgIpc) is 3.01. The lowest BCUT2D eigenvalue weighted by molar-refractivity contribution is 0.568. The lowest BCUT2D eigenvalue weighted by Crippen LogP contribution is -1.76. The molecule has 1 aromatic heterocycles. The molecule has 3 aromatic rings. The Morgan fingerprint density at radius 3 is 2.11 bits per heavy atom. The molecular formula is C14H10N4O. The zero-order valence-corrected chi connectivity index (χ0v) is 9.97. The van der Waals surface area contributed by atoms with Gasteiger partial charge >= 0.3 is 0 Å². The first-order valence-electron chi connectivity index (χ1n) is 5.75. The second-order valence-electron chi connectivity index (χ2n) is 3.83. The van der Waals surface area contributed by atoms with Crippen molar-refractivity contribution in [2.24, 2.45) is 10.2 Å². The molecule has 0 fully saturated rings. The fourth-order valence-corrected chi connectivity index (χ4v) is 1.58. The monoisotopic (exact) mass is 250 g/mol. The van der Waals surface area contributed by atoms with Gasteiger partial charge in [0, 0.05) is 5.56 Å². The van der Waals surface area contributed by atoms with Gasteiger partial charge in [-0.2, -0.15) is 10.2 Å². The first kappa shape index (κ1) is 11.3. The Morgan fingerprint density at radius 2 is 1.47 bits per heavy atom. The van der Waals surface area contributed by atoms with Crippen LogP contribution in [0.25, 0.3) is 11.5 Å². The summed E-state index contributed by atoms with van der Waals surface area (Å²) < 4.78 is 5.11. The van der Waals surface area contributed by atoms with Gasteiger partial charge in [-0.05, 0) is 36.4 Å². The molecule has 0 aliphatic heterocycles. The smallest absolute Gasteiger partial charge is 0.247 e. The lowest BCUT2D eigenvalue weighted by atomic mass is 10.2. The minimum Gasteiger partial charge on any atom is -0.423 e. The van der Waals surface area contributed by atoms with E-state index in [2.05, 4.69) is 20.4 Å². The van der Waals surface area contributed by atoms with Crippen molar-refractivity contribution in [2.75, 3.05) is 0 Å². The summed E-state index contributed by atoms with van der Waals surface area (Å²) in [4.78, 5) is 0. The first-order chi connectivity index (χ1) is 9.42. The number of nitrogens with zero attached hydrogens (tertiary/aromatic N) is 4. The quantitative estimate of drug-likeness (QED) is 0.656. The Bertz CT molecular complexity index is 660. The Labute approximate surface area is 109 Å². The van der Waals surface area contributed by atoms with Crippen LogP contribution in [0.15, 0.2) is 75.6 Å². The van der Waals surface area contributed by atoms with E-state index < -0.39 is 0 Å². The standard InChI is InChI=1S/C14H10N4O/c1-2-4-12(5-3-1)16-17-13-8-6-11(7-9-13)14-18-15-10-19-14/h1-10H/b17-16+. The maximum absolute atomic E-state index is 5.11. The summed E-state index contributed by atoms with van der Waals surface area (Å²) in [6, 6.07) is 17.0. The molecule has 0 amide bonds. The lowest BCUT2D eigenvalue weighted by Gasteiger charge is -1.95. The normalized spacial score (nSPS) is 10.9. The summed E-state index contributed by atoms with van der Waals surface area (Å²) in [5, 5.41) is 15.8. The predicted molar refractivity (Wildman–Crippen MR) is 70.4 cm³/mol. The number of hydrogen-bond donors (Lipinski definition) is 0. The third-order valence-corrected chi connectivity index (χ3v) is 2.51. The highest BCUT2D eigenvalue weighted by molar-refractivity contribution is 5.56. The van der Waals surface area contributed by atoms with E-state index in [0.717, 1.165) is 16.9 Å². The van der Waals surface area contributed by atoms with E-state index >= 15 is 0 Å². The van der Waals surface area contributed by atoms with Crippen molar-refractivity contribution in [1.82, 2.24) is 10.2 Å². The van der Waals surface area contributed by atoms with Crippen LogP contribution in [0.4, 0.5) is 11.4 Å². The summed E-state index contributed by atoms with van der Waals surface area (Å²) >= 11 is 0. The molecule has 2 aromatic carbocycles. The number of benzene rings is 2. The van der Waals surface area contributed by atoms with Gasteiger partial charge in [0.15, 0.2) is 0 Å². The van der Waals surface area contributed by atoms with Crippen LogP contribution in [-0.2, 0) is 0 Å². The molecule has 0 spiro atoms. The van der Waals surface area contributed by atoms with Gasteiger partial charge in [0.05, 0.1) is 11.4 Å². The van der Waals surface area contributed by atoms with Crippen LogP contribution in [0, 0.1) is 0 Å². The molecule has 3 rings (SSSR count). The highest BCUT2D eigenvalue weighted by Crippen LogP contribution is 2.22. The third-order valence-electron chi connectivity index (χ3n) is 2.51. The van der Waals surface area contributed by atoms with E-state index in [4.69, 9.17) is 4.42 Å². The van der Waals surface area contributed by atoms with Crippen LogP contribution in [0.2, 0.25) is 0 Å². The second kappa shape index (κ2) is 5.22. The summed E-state index contributed by atoms with van der Waals surface area (Å²) in [5.41, 5.74) is 2.45. The summed E-state index contributed by atoms with van der Waals surface area (Å²) in [5.74, 6) is 0.492. The van der Waals surface area contributed by atoms with E-state index in [1.807, 2.05) is 54.6 Å². The number of hydrogen-bond acceptors (Lipinski definition) is 5. The van der Waals surface area contributed by atoms with Gasteiger partial charge in [0.2, 0.25) is 12.3 Å². The summed E-state index contributed by atoms with van der Waals surface area (Å²) in [6.45, 7) is 0. The molecule has 5 heteroatoms. The first-order valence-corrected chi connectivity index (χ1v) is 5.75. The number of azo groups is 1. The van der Waals surface area contributed by atoms with Gasteiger partial charge in [-0.1, -0.05) is 18.2 Å². The van der Waals surface area contributed by atoms with Gasteiger partial charge in [0.1, 0.15) is 0 Å². The molecule has 19 heavy (non-hydrogen) atoms. The van der Waals surface area contributed by atoms with Crippen LogP contribution < -0.4 is 0 Å². The van der Waals surface area contributed by atoms with Crippen molar-refractivity contribution in [3.63, 3.8) is 0 Å². The summed E-state index contributed by atoms with van der Waals surface area (Å²) in [6.07, 6.45) is 1.30. The third kappa shape index (κ3) is 2.71. The molecule has 0 saturated carbocycles. The van der Waals surface area contributed by atoms with Crippen LogP contribution in [0.5, 0.6) is 0 Å². The minimum absolute atomic E-state index is 0.492. The Balaban J connectivity index is 1.78. The van der Waals surface area contributed by atoms with Crippen molar-refractivity contribution >= 4 is 11.4 Å². The van der Waals surface area contributed by atoms with E-state index in [-0.39, 0.29) is 0 Å². The van der Waals surface area contributed by atoms with Gasteiger partial charge in [-0.15, -0.1) is 10.2 Å². The second-order valence-corrected chi connectivity index (χ2v) is 3.83. The SMILES string of the molecule is c1ccc(/N=N/c2ccc(-c3nnco3)cc2)cc1. The summed E-state index contributed by atoms with van der Waals surface area (Å²) in [7, 11) is 0. The highest BCUT2D eigenvalue weighted by atomic mass is 16.4. The predicted octanol–water partition coefficient (Wildman–Crippen LogP) is 4.15. The molecule has 0 bridgehead atoms. The zero-order valence-electron chi connectivity index (χ0n) is 9.97. The molecule has 0 radical (unpaired) electrons. The minimum atomic E-state index is 0.492. The molecule has 0 unspecified atom stereocenters. The maximum Gasteiger partial charge on any atom is 0.247 e. The Kier molecular flexibility index (Phi) is 3.10. The highest BCUT2D eigenvalue weighted by Gasteiger charge is 2.02. The Morgan fingerprint density at radius 1 is 0.789 bits per heavy atom. The van der Waals surface area contributed by atoms with E-state index in [1.54, 1.807) is 0 Å². The average molecular weight is 250 g/mol. The molecule has 0 saturated heterocycles. The fraction of sp³-hybridized carbons (Fsp3) is 0. The van der Waals surface area contributed by atoms with Crippen molar-refractivity contribution in [1.29, 1.82) is 0 Å². The van der Waals surface area contributed by atoms with Crippen LogP contribution >= 0.6 is 0 Å². The number of aromatic nitrogens is 2. The zero-order chi connectivity index (χ0) is 12.9. The molecular weight excluding hydrogens is 240 g/mol. The van der Waals surface area contributed by atoms with Crippen LogP contribution in [0.1, 0.15) is 0 Å². The van der Waals surface area contributed by atoms with E-state index in [0.29, 0.717) is 5.89 Å². The maximum atomic E-state index is 5.11. The van der Waals surface area contributed by atoms with Crippen molar-refractivity contribution < 1.29 is 4.42 Å². The van der Waals surface area contributed by atoms with E-state index in [1.165, 1.54) is 6.39 Å². The van der Waals surface area contributed by atoms with E-state index in [9.17, 15) is 0 Å². The van der Waals surface area contributed by atoms with Gasteiger partial charge in [0.25, 0.3) is 0 Å². The topological polar surface area (TPSA) is 63.6 Å².